The van der Waals surface area contributed by atoms with E-state index in [0.29, 0.717) is 5.91 Å². The normalized spacial score (nSPS) is 17.3. The molecule has 0 aromatic heterocycles. The summed E-state index contributed by atoms with van der Waals surface area (Å²) in [6, 6.07) is 8.13. The minimum absolute atomic E-state index is 0.0968. The highest BCUT2D eigenvalue weighted by Crippen LogP contribution is 2.30. The summed E-state index contributed by atoms with van der Waals surface area (Å²) in [4.78, 5) is 14.8. The predicted octanol–water partition coefficient (Wildman–Crippen LogP) is 4.19. The van der Waals surface area contributed by atoms with Gasteiger partial charge in [-0.05, 0) is 44.4 Å². The van der Waals surface area contributed by atoms with Crippen molar-refractivity contribution < 1.29 is 9.53 Å². The topological polar surface area (TPSA) is 29.5 Å². The van der Waals surface area contributed by atoms with E-state index in [-0.39, 0.29) is 12.0 Å². The fourth-order valence-corrected chi connectivity index (χ4v) is 3.29. The van der Waals surface area contributed by atoms with Crippen LogP contribution in [0.15, 0.2) is 24.3 Å². The van der Waals surface area contributed by atoms with Crippen LogP contribution in [-0.4, -0.2) is 24.5 Å². The lowest BCUT2D eigenvalue weighted by Crippen LogP contribution is -2.38. The average Bonchev–Trinajstić information content (AvgIpc) is 2.56. The smallest absolute Gasteiger partial charge is 0.226 e. The van der Waals surface area contributed by atoms with E-state index in [1.54, 1.807) is 7.11 Å². The molecule has 1 saturated carbocycles. The Kier molecular flexibility index (Phi) is 5.66. The first-order valence-corrected chi connectivity index (χ1v) is 8.11. The van der Waals surface area contributed by atoms with Gasteiger partial charge in [0.05, 0.1) is 13.2 Å². The Morgan fingerprint density at radius 2 is 2.05 bits per heavy atom. The van der Waals surface area contributed by atoms with Gasteiger partial charge in [-0.15, -0.1) is 0 Å². The van der Waals surface area contributed by atoms with Gasteiger partial charge in [0.15, 0.2) is 0 Å². The highest BCUT2D eigenvalue weighted by atomic mass is 16.5. The molecule has 0 N–H and O–H groups in total. The molecular weight excluding hydrogens is 262 g/mol. The standard InChI is InChI=1S/C18H27NO2/c1-4-19(18(20)15-9-6-5-7-10-15)14(2)16-11-8-12-17(13-16)21-3/h8,11-15H,4-7,9-10H2,1-3H3. The van der Waals surface area contributed by atoms with Gasteiger partial charge in [0, 0.05) is 12.5 Å². The largest absolute Gasteiger partial charge is 0.497 e. The van der Waals surface area contributed by atoms with Crippen LogP contribution in [0.1, 0.15) is 57.6 Å². The summed E-state index contributed by atoms with van der Waals surface area (Å²) in [6.07, 6.45) is 5.78. The van der Waals surface area contributed by atoms with E-state index in [0.717, 1.165) is 30.7 Å². The van der Waals surface area contributed by atoms with Gasteiger partial charge in [-0.3, -0.25) is 4.79 Å². The molecule has 0 bridgehead atoms. The van der Waals surface area contributed by atoms with E-state index in [2.05, 4.69) is 19.9 Å². The summed E-state index contributed by atoms with van der Waals surface area (Å²) in [6.45, 7) is 4.93. The Morgan fingerprint density at radius 1 is 1.33 bits per heavy atom. The Bertz CT molecular complexity index is 466. The molecule has 1 aromatic rings. The second-order valence-electron chi connectivity index (χ2n) is 5.91. The summed E-state index contributed by atoms with van der Waals surface area (Å²) < 4.78 is 5.29. The summed E-state index contributed by atoms with van der Waals surface area (Å²) in [7, 11) is 1.68. The third-order valence-electron chi connectivity index (χ3n) is 4.62. The number of hydrogen-bond donors (Lipinski definition) is 0. The fourth-order valence-electron chi connectivity index (χ4n) is 3.29. The van der Waals surface area contributed by atoms with Gasteiger partial charge in [0.25, 0.3) is 0 Å². The van der Waals surface area contributed by atoms with E-state index in [4.69, 9.17) is 4.74 Å². The molecule has 1 unspecified atom stereocenters. The highest BCUT2D eigenvalue weighted by molar-refractivity contribution is 5.79. The SMILES string of the molecule is CCN(C(=O)C1CCCCC1)C(C)c1cccc(OC)c1. The van der Waals surface area contributed by atoms with Crippen molar-refractivity contribution in [3.8, 4) is 5.75 Å². The summed E-state index contributed by atoms with van der Waals surface area (Å²) in [5.41, 5.74) is 1.14. The number of methoxy groups -OCH3 is 1. The van der Waals surface area contributed by atoms with E-state index >= 15 is 0 Å². The lowest BCUT2D eigenvalue weighted by atomic mass is 9.87. The first-order chi connectivity index (χ1) is 10.2. The minimum Gasteiger partial charge on any atom is -0.497 e. The van der Waals surface area contributed by atoms with Crippen LogP contribution in [0.4, 0.5) is 0 Å². The lowest BCUT2D eigenvalue weighted by Gasteiger charge is -2.33. The predicted molar refractivity (Wildman–Crippen MR) is 85.4 cm³/mol. The number of nitrogens with zero attached hydrogens (tertiary/aromatic N) is 1. The van der Waals surface area contributed by atoms with Gasteiger partial charge >= 0.3 is 0 Å². The fraction of sp³-hybridized carbons (Fsp3) is 0.611. The first kappa shape index (κ1) is 15.9. The summed E-state index contributed by atoms with van der Waals surface area (Å²) >= 11 is 0. The van der Waals surface area contributed by atoms with Crippen LogP contribution >= 0.6 is 0 Å². The molecule has 0 saturated heterocycles. The maximum absolute atomic E-state index is 12.8. The van der Waals surface area contributed by atoms with E-state index in [1.165, 1.54) is 19.3 Å². The van der Waals surface area contributed by atoms with Crippen LogP contribution in [0.2, 0.25) is 0 Å². The molecular formula is C18H27NO2. The van der Waals surface area contributed by atoms with Crippen LogP contribution in [0, 0.1) is 5.92 Å². The monoisotopic (exact) mass is 289 g/mol. The molecule has 1 fully saturated rings. The van der Waals surface area contributed by atoms with Crippen molar-refractivity contribution in [2.24, 2.45) is 5.92 Å². The highest BCUT2D eigenvalue weighted by Gasteiger charge is 2.28. The van der Waals surface area contributed by atoms with Gasteiger partial charge in [0.2, 0.25) is 5.91 Å². The molecule has 0 heterocycles. The molecule has 0 spiro atoms. The third-order valence-corrected chi connectivity index (χ3v) is 4.62. The van der Waals surface area contributed by atoms with E-state index in [1.807, 2.05) is 23.1 Å². The average molecular weight is 289 g/mol. The van der Waals surface area contributed by atoms with Crippen molar-refractivity contribution in [2.75, 3.05) is 13.7 Å². The van der Waals surface area contributed by atoms with Crippen LogP contribution < -0.4 is 4.74 Å². The maximum atomic E-state index is 12.8. The number of ether oxygens (including phenoxy) is 1. The Hall–Kier alpha value is -1.51. The van der Waals surface area contributed by atoms with Crippen molar-refractivity contribution in [3.63, 3.8) is 0 Å². The molecule has 3 nitrogen and oxygen atoms in total. The zero-order valence-electron chi connectivity index (χ0n) is 13.5. The molecule has 0 radical (unpaired) electrons. The Balaban J connectivity index is 2.13. The molecule has 116 valence electrons. The minimum atomic E-state index is 0.0968. The third kappa shape index (κ3) is 3.78. The summed E-state index contributed by atoms with van der Waals surface area (Å²) in [5.74, 6) is 1.40. The zero-order chi connectivity index (χ0) is 15.2. The van der Waals surface area contributed by atoms with Crippen molar-refractivity contribution >= 4 is 5.91 Å². The van der Waals surface area contributed by atoms with Crippen LogP contribution in [0.25, 0.3) is 0 Å². The van der Waals surface area contributed by atoms with Crippen molar-refractivity contribution in [2.45, 2.75) is 52.0 Å². The number of hydrogen-bond acceptors (Lipinski definition) is 2. The van der Waals surface area contributed by atoms with E-state index < -0.39 is 0 Å². The van der Waals surface area contributed by atoms with Crippen LogP contribution in [0.5, 0.6) is 5.75 Å². The van der Waals surface area contributed by atoms with Crippen molar-refractivity contribution in [1.82, 2.24) is 4.90 Å². The second kappa shape index (κ2) is 7.48. The van der Waals surface area contributed by atoms with E-state index in [9.17, 15) is 4.79 Å². The molecule has 0 aliphatic heterocycles. The number of benzene rings is 1. The van der Waals surface area contributed by atoms with Gasteiger partial charge in [-0.1, -0.05) is 31.4 Å². The molecule has 21 heavy (non-hydrogen) atoms. The van der Waals surface area contributed by atoms with Crippen LogP contribution in [-0.2, 0) is 4.79 Å². The van der Waals surface area contributed by atoms with Crippen molar-refractivity contribution in [3.05, 3.63) is 29.8 Å². The number of rotatable bonds is 5. The molecule has 1 aliphatic carbocycles. The van der Waals surface area contributed by atoms with Crippen molar-refractivity contribution in [1.29, 1.82) is 0 Å². The summed E-state index contributed by atoms with van der Waals surface area (Å²) in [5, 5.41) is 0. The van der Waals surface area contributed by atoms with Gasteiger partial charge in [0.1, 0.15) is 5.75 Å². The number of carbonyl (C=O) groups excluding carboxylic acids is 1. The van der Waals surface area contributed by atoms with Gasteiger partial charge in [-0.25, -0.2) is 0 Å². The number of amides is 1. The molecule has 2 rings (SSSR count). The molecule has 1 amide bonds. The molecule has 3 heteroatoms. The van der Waals surface area contributed by atoms with Gasteiger partial charge in [-0.2, -0.15) is 0 Å². The quantitative estimate of drug-likeness (QED) is 0.813. The lowest BCUT2D eigenvalue weighted by molar-refractivity contribution is -0.138. The molecule has 1 atom stereocenters. The second-order valence-corrected chi connectivity index (χ2v) is 5.91. The first-order valence-electron chi connectivity index (χ1n) is 8.11. The van der Waals surface area contributed by atoms with Crippen LogP contribution in [0.3, 0.4) is 0 Å². The molecule has 1 aliphatic rings. The van der Waals surface area contributed by atoms with Gasteiger partial charge < -0.3 is 9.64 Å². The Labute approximate surface area is 128 Å². The Morgan fingerprint density at radius 3 is 2.67 bits per heavy atom. The molecule has 1 aromatic carbocycles. The zero-order valence-corrected chi connectivity index (χ0v) is 13.5. The maximum Gasteiger partial charge on any atom is 0.226 e. The number of carbonyl (C=O) groups is 1.